The summed E-state index contributed by atoms with van der Waals surface area (Å²) in [6, 6.07) is 3.35. The molecule has 1 saturated heterocycles. The molecule has 2 heterocycles. The number of ether oxygens (including phenoxy) is 1. The summed E-state index contributed by atoms with van der Waals surface area (Å²) in [5, 5.41) is 3.29. The molecule has 0 aromatic carbocycles. The van der Waals surface area contributed by atoms with Crippen LogP contribution in [0.5, 0.6) is 0 Å². The number of carbonyl (C=O) groups excluding carboxylic acids is 1. The number of nitrogens with one attached hydrogen (secondary N) is 1. The first-order valence-electron chi connectivity index (χ1n) is 9.61. The van der Waals surface area contributed by atoms with Gasteiger partial charge in [-0.15, -0.1) is 0 Å². The highest BCUT2D eigenvalue weighted by Gasteiger charge is 2.24. The maximum Gasteiger partial charge on any atom is 0.284 e. The van der Waals surface area contributed by atoms with Crippen LogP contribution >= 0.6 is 0 Å². The molecule has 0 radical (unpaired) electrons. The lowest BCUT2D eigenvalue weighted by Crippen LogP contribution is -2.46. The number of nitrogens with zero attached hydrogens (tertiary/aromatic N) is 2. The number of carbonyl (C=O) groups is 1. The molecule has 1 aliphatic heterocycles. The molecule has 144 valence electrons. The van der Waals surface area contributed by atoms with Crippen molar-refractivity contribution in [3.8, 4) is 0 Å². The van der Waals surface area contributed by atoms with Gasteiger partial charge in [-0.05, 0) is 43.7 Å². The number of likely N-dealkylation sites (tertiary alicyclic amines) is 1. The van der Waals surface area contributed by atoms with Crippen molar-refractivity contribution in [3.63, 3.8) is 0 Å². The first-order chi connectivity index (χ1) is 12.7. The highest BCUT2D eigenvalue weighted by atomic mass is 16.5. The second-order valence-corrected chi connectivity index (χ2v) is 7.20. The standard InChI is InChI=1S/C19H30N4O3/c1-21-19(22-12-16-6-7-17(26-16)18(20)24)23-10-8-15(9-11-23)25-13-14-4-2-3-5-14/h6-7,14-15H,2-5,8-13H2,1H3,(H2,20,24)(H,21,22). The van der Waals surface area contributed by atoms with Gasteiger partial charge in [0.2, 0.25) is 0 Å². The lowest BCUT2D eigenvalue weighted by Gasteiger charge is -2.34. The van der Waals surface area contributed by atoms with Crippen LogP contribution in [-0.2, 0) is 11.3 Å². The van der Waals surface area contributed by atoms with E-state index in [1.165, 1.54) is 25.7 Å². The number of primary amides is 1. The molecule has 7 heteroatoms. The number of amides is 1. The minimum atomic E-state index is -0.555. The number of guanidine groups is 1. The van der Waals surface area contributed by atoms with Crippen LogP contribution < -0.4 is 11.1 Å². The fourth-order valence-electron chi connectivity index (χ4n) is 3.79. The zero-order valence-electron chi connectivity index (χ0n) is 15.6. The van der Waals surface area contributed by atoms with Gasteiger partial charge < -0.3 is 25.1 Å². The van der Waals surface area contributed by atoms with E-state index in [0.717, 1.165) is 44.4 Å². The van der Waals surface area contributed by atoms with E-state index in [1.807, 2.05) is 0 Å². The zero-order valence-corrected chi connectivity index (χ0v) is 15.6. The van der Waals surface area contributed by atoms with Crippen molar-refractivity contribution in [1.82, 2.24) is 10.2 Å². The van der Waals surface area contributed by atoms with Gasteiger partial charge in [-0.25, -0.2) is 0 Å². The third-order valence-corrected chi connectivity index (χ3v) is 5.32. The Morgan fingerprint density at radius 1 is 1.31 bits per heavy atom. The summed E-state index contributed by atoms with van der Waals surface area (Å²) in [7, 11) is 1.78. The summed E-state index contributed by atoms with van der Waals surface area (Å²) in [4.78, 5) is 17.7. The largest absolute Gasteiger partial charge is 0.454 e. The maximum atomic E-state index is 11.1. The van der Waals surface area contributed by atoms with Gasteiger partial charge in [0.15, 0.2) is 11.7 Å². The predicted octanol–water partition coefficient (Wildman–Crippen LogP) is 2.13. The minimum Gasteiger partial charge on any atom is -0.454 e. The molecule has 1 aromatic heterocycles. The zero-order chi connectivity index (χ0) is 18.4. The van der Waals surface area contributed by atoms with Crippen LogP contribution in [0.3, 0.4) is 0 Å². The van der Waals surface area contributed by atoms with E-state index >= 15 is 0 Å². The van der Waals surface area contributed by atoms with Crippen LogP contribution in [0.25, 0.3) is 0 Å². The Balaban J connectivity index is 1.40. The lowest BCUT2D eigenvalue weighted by atomic mass is 10.1. The normalized spacial score (nSPS) is 19.9. The Kier molecular flexibility index (Phi) is 6.55. The van der Waals surface area contributed by atoms with Crippen molar-refractivity contribution in [3.05, 3.63) is 23.7 Å². The molecule has 3 rings (SSSR count). The van der Waals surface area contributed by atoms with Gasteiger partial charge in [0.25, 0.3) is 5.91 Å². The van der Waals surface area contributed by atoms with Gasteiger partial charge in [-0.2, -0.15) is 0 Å². The molecule has 3 N–H and O–H groups in total. The Morgan fingerprint density at radius 3 is 2.65 bits per heavy atom. The van der Waals surface area contributed by atoms with Crippen molar-refractivity contribution < 1.29 is 13.9 Å². The van der Waals surface area contributed by atoms with E-state index in [-0.39, 0.29) is 5.76 Å². The second kappa shape index (κ2) is 9.07. The predicted molar refractivity (Wildman–Crippen MR) is 99.9 cm³/mol. The number of hydrogen-bond donors (Lipinski definition) is 2. The topological polar surface area (TPSA) is 93.1 Å². The van der Waals surface area contributed by atoms with Gasteiger partial charge in [0.1, 0.15) is 5.76 Å². The molecule has 1 saturated carbocycles. The SMILES string of the molecule is CN=C(NCc1ccc(C(N)=O)o1)N1CCC(OCC2CCCC2)CC1. The van der Waals surface area contributed by atoms with Crippen LogP contribution in [0.1, 0.15) is 54.8 Å². The number of hydrogen-bond acceptors (Lipinski definition) is 4. The van der Waals surface area contributed by atoms with Crippen molar-refractivity contribution >= 4 is 11.9 Å². The van der Waals surface area contributed by atoms with Gasteiger partial charge >= 0.3 is 0 Å². The molecule has 26 heavy (non-hydrogen) atoms. The molecular formula is C19H30N4O3. The summed E-state index contributed by atoms with van der Waals surface area (Å²) < 4.78 is 11.5. The van der Waals surface area contributed by atoms with E-state index in [0.29, 0.717) is 18.4 Å². The van der Waals surface area contributed by atoms with E-state index in [1.54, 1.807) is 19.2 Å². The first kappa shape index (κ1) is 18.8. The van der Waals surface area contributed by atoms with Gasteiger partial charge in [-0.3, -0.25) is 9.79 Å². The van der Waals surface area contributed by atoms with Crippen LogP contribution in [0.15, 0.2) is 21.5 Å². The third kappa shape index (κ3) is 5.00. The Morgan fingerprint density at radius 2 is 2.04 bits per heavy atom. The van der Waals surface area contributed by atoms with E-state index in [2.05, 4.69) is 15.2 Å². The Labute approximate surface area is 155 Å². The summed E-state index contributed by atoms with van der Waals surface area (Å²) in [6.45, 7) is 3.26. The summed E-state index contributed by atoms with van der Waals surface area (Å²) >= 11 is 0. The van der Waals surface area contributed by atoms with Crippen molar-refractivity contribution in [1.29, 1.82) is 0 Å². The van der Waals surface area contributed by atoms with Crippen molar-refractivity contribution in [2.45, 2.75) is 51.2 Å². The smallest absolute Gasteiger partial charge is 0.284 e. The fraction of sp³-hybridized carbons (Fsp3) is 0.684. The van der Waals surface area contributed by atoms with Crippen LogP contribution in [0, 0.1) is 5.92 Å². The Hall–Kier alpha value is -2.02. The summed E-state index contributed by atoms with van der Waals surface area (Å²) in [6.07, 6.45) is 7.82. The summed E-state index contributed by atoms with van der Waals surface area (Å²) in [5.74, 6) is 1.91. The maximum absolute atomic E-state index is 11.1. The van der Waals surface area contributed by atoms with Crippen molar-refractivity contribution in [2.24, 2.45) is 16.6 Å². The third-order valence-electron chi connectivity index (χ3n) is 5.32. The average Bonchev–Trinajstić information content (AvgIpc) is 3.33. The molecular weight excluding hydrogens is 332 g/mol. The number of aliphatic imine (C=N–C) groups is 1. The van der Waals surface area contributed by atoms with Crippen LogP contribution in [0.2, 0.25) is 0 Å². The molecule has 0 spiro atoms. The number of piperidine rings is 1. The van der Waals surface area contributed by atoms with Gasteiger partial charge in [0, 0.05) is 26.7 Å². The molecule has 1 aliphatic carbocycles. The minimum absolute atomic E-state index is 0.178. The quantitative estimate of drug-likeness (QED) is 0.597. The van der Waals surface area contributed by atoms with Crippen LogP contribution in [0.4, 0.5) is 0 Å². The number of furan rings is 1. The monoisotopic (exact) mass is 362 g/mol. The molecule has 2 aliphatic rings. The Bertz CT molecular complexity index is 614. The van der Waals surface area contributed by atoms with Gasteiger partial charge in [0.05, 0.1) is 12.6 Å². The molecule has 1 aromatic rings. The number of nitrogens with two attached hydrogens (primary N) is 1. The van der Waals surface area contributed by atoms with E-state index in [9.17, 15) is 4.79 Å². The van der Waals surface area contributed by atoms with E-state index < -0.39 is 5.91 Å². The van der Waals surface area contributed by atoms with E-state index in [4.69, 9.17) is 14.9 Å². The molecule has 0 unspecified atom stereocenters. The molecule has 1 amide bonds. The van der Waals surface area contributed by atoms with Crippen LogP contribution in [-0.4, -0.2) is 49.6 Å². The molecule has 2 fully saturated rings. The lowest BCUT2D eigenvalue weighted by molar-refractivity contribution is 0.000995. The highest BCUT2D eigenvalue weighted by molar-refractivity contribution is 5.89. The molecule has 0 bridgehead atoms. The molecule has 0 atom stereocenters. The second-order valence-electron chi connectivity index (χ2n) is 7.20. The number of rotatable bonds is 6. The first-order valence-corrected chi connectivity index (χ1v) is 9.61. The summed E-state index contributed by atoms with van der Waals surface area (Å²) in [5.41, 5.74) is 5.21. The van der Waals surface area contributed by atoms with Gasteiger partial charge in [-0.1, -0.05) is 12.8 Å². The average molecular weight is 362 g/mol. The highest BCUT2D eigenvalue weighted by Crippen LogP contribution is 2.26. The molecule has 7 nitrogen and oxygen atoms in total. The van der Waals surface area contributed by atoms with Crippen molar-refractivity contribution in [2.75, 3.05) is 26.7 Å². The fourth-order valence-corrected chi connectivity index (χ4v) is 3.79.